The van der Waals surface area contributed by atoms with Crippen LogP contribution in [0.1, 0.15) is 40.0 Å². The van der Waals surface area contributed by atoms with Crippen LogP contribution in [0.3, 0.4) is 0 Å². The van der Waals surface area contributed by atoms with Crippen molar-refractivity contribution in [1.29, 1.82) is 0 Å². The summed E-state index contributed by atoms with van der Waals surface area (Å²) in [4.78, 5) is 24.5. The smallest absolute Gasteiger partial charge is 0.190 e. The molecule has 0 bridgehead atoms. The lowest BCUT2D eigenvalue weighted by atomic mass is 9.44. The molecular formula is C22H28ClFO5. The van der Waals surface area contributed by atoms with Gasteiger partial charge in [0.25, 0.3) is 0 Å². The summed E-state index contributed by atoms with van der Waals surface area (Å²) in [5, 5.41) is 31.5. The van der Waals surface area contributed by atoms with Crippen LogP contribution < -0.4 is 0 Å². The highest BCUT2D eigenvalue weighted by Crippen LogP contribution is 2.71. The Morgan fingerprint density at radius 1 is 1.31 bits per heavy atom. The highest BCUT2D eigenvalue weighted by atomic mass is 35.5. The molecule has 3 N–H and O–H groups in total. The third-order valence-electron chi connectivity index (χ3n) is 8.78. The standard InChI is InChI=1S/C22H28ClFO5/c1-11-6-13-14-8-16(23)15-7-12(26)4-5-19(15,2)21(14,24)17(27)9-20(13,3)22(11,29)18(28)10-25/h4-5,7,11,13-14,16-17,25,27,29H,6,8-10H2,1-3H3/t11-,13-,14-,16-,17-,19-,20-,21-,22-/m0/s1. The molecule has 0 unspecified atom stereocenters. The summed E-state index contributed by atoms with van der Waals surface area (Å²) >= 11 is 6.64. The van der Waals surface area contributed by atoms with E-state index in [9.17, 15) is 24.9 Å². The first-order chi connectivity index (χ1) is 13.4. The van der Waals surface area contributed by atoms with Gasteiger partial charge in [0.1, 0.15) is 12.2 Å². The molecule has 0 spiro atoms. The average Bonchev–Trinajstić information content (AvgIpc) is 2.86. The van der Waals surface area contributed by atoms with Gasteiger partial charge in [-0.2, -0.15) is 0 Å². The highest BCUT2D eigenvalue weighted by molar-refractivity contribution is 6.23. The van der Waals surface area contributed by atoms with Crippen molar-refractivity contribution in [3.05, 3.63) is 23.8 Å². The van der Waals surface area contributed by atoms with Gasteiger partial charge in [-0.3, -0.25) is 9.59 Å². The third kappa shape index (κ3) is 2.26. The summed E-state index contributed by atoms with van der Waals surface area (Å²) in [7, 11) is 0. The maximum absolute atomic E-state index is 17.0. The maximum Gasteiger partial charge on any atom is 0.190 e. The van der Waals surface area contributed by atoms with Gasteiger partial charge in [-0.15, -0.1) is 11.6 Å². The second kappa shape index (κ2) is 6.22. The number of Topliss-reactive ketones (excluding diaryl/α,β-unsaturated/α-hetero) is 1. The highest BCUT2D eigenvalue weighted by Gasteiger charge is 2.76. The third-order valence-corrected chi connectivity index (χ3v) is 9.19. The van der Waals surface area contributed by atoms with Crippen LogP contribution in [0.2, 0.25) is 0 Å². The average molecular weight is 427 g/mol. The van der Waals surface area contributed by atoms with Crippen LogP contribution in [0.15, 0.2) is 23.8 Å². The predicted octanol–water partition coefficient (Wildman–Crippen LogP) is 2.11. The largest absolute Gasteiger partial charge is 0.390 e. The van der Waals surface area contributed by atoms with Gasteiger partial charge in [0, 0.05) is 16.7 Å². The van der Waals surface area contributed by atoms with Gasteiger partial charge in [0.05, 0.1) is 11.5 Å². The number of aliphatic hydroxyl groups excluding tert-OH is 2. The van der Waals surface area contributed by atoms with Crippen LogP contribution in [-0.4, -0.2) is 56.2 Å². The monoisotopic (exact) mass is 426 g/mol. The number of hydrogen-bond donors (Lipinski definition) is 3. The molecule has 4 aliphatic carbocycles. The topological polar surface area (TPSA) is 94.8 Å². The molecule has 9 atom stereocenters. The molecule has 160 valence electrons. The Balaban J connectivity index is 1.87. The molecule has 4 rings (SSSR count). The van der Waals surface area contributed by atoms with E-state index in [1.54, 1.807) is 20.8 Å². The molecule has 0 saturated heterocycles. The summed E-state index contributed by atoms with van der Waals surface area (Å²) in [5.74, 6) is -2.55. The SMILES string of the molecule is C[C@H]1C[C@H]2[C@@H]3C[C@H](Cl)C4=CC(=O)C=C[C@]4(C)[C@@]3(F)[C@@H](O)C[C@]2(C)[C@@]1(O)C(=O)CO. The summed E-state index contributed by atoms with van der Waals surface area (Å²) in [6, 6.07) is 0. The van der Waals surface area contributed by atoms with Crippen LogP contribution in [0, 0.1) is 28.6 Å². The number of fused-ring (bicyclic) bond motifs is 5. The van der Waals surface area contributed by atoms with Crippen LogP contribution >= 0.6 is 11.6 Å². The number of alkyl halides is 2. The number of aliphatic hydroxyl groups is 3. The van der Waals surface area contributed by atoms with E-state index in [1.165, 1.54) is 18.2 Å². The van der Waals surface area contributed by atoms with E-state index in [1.807, 2.05) is 0 Å². The zero-order valence-corrected chi connectivity index (χ0v) is 17.6. The van der Waals surface area contributed by atoms with Crippen molar-refractivity contribution in [1.82, 2.24) is 0 Å². The summed E-state index contributed by atoms with van der Waals surface area (Å²) in [6.45, 7) is 4.31. The summed E-state index contributed by atoms with van der Waals surface area (Å²) in [6.07, 6.45) is 3.22. The molecule has 0 amide bonds. The van der Waals surface area contributed by atoms with E-state index < -0.39 is 63.7 Å². The Bertz CT molecular complexity index is 841. The zero-order chi connectivity index (χ0) is 21.6. The Morgan fingerprint density at radius 2 is 1.97 bits per heavy atom. The number of allylic oxidation sites excluding steroid dienone is 4. The molecule has 7 heteroatoms. The molecule has 0 aromatic carbocycles. The molecule has 3 saturated carbocycles. The number of hydrogen-bond acceptors (Lipinski definition) is 5. The first kappa shape index (κ1) is 21.2. The van der Waals surface area contributed by atoms with Gasteiger partial charge in [-0.25, -0.2) is 4.39 Å². The molecule has 0 aliphatic heterocycles. The Morgan fingerprint density at radius 3 is 2.59 bits per heavy atom. The lowest BCUT2D eigenvalue weighted by Gasteiger charge is -2.63. The fraction of sp³-hybridized carbons (Fsp3) is 0.727. The molecular weight excluding hydrogens is 399 g/mol. The van der Waals surface area contributed by atoms with Crippen molar-refractivity contribution in [2.75, 3.05) is 6.61 Å². The van der Waals surface area contributed by atoms with Crippen molar-refractivity contribution >= 4 is 23.2 Å². The van der Waals surface area contributed by atoms with Gasteiger partial charge >= 0.3 is 0 Å². The Kier molecular flexibility index (Phi) is 4.54. The number of rotatable bonds is 2. The number of ketones is 2. The van der Waals surface area contributed by atoms with Gasteiger partial charge in [0.15, 0.2) is 17.2 Å². The normalized spacial score (nSPS) is 53.7. The molecule has 0 radical (unpaired) electrons. The van der Waals surface area contributed by atoms with Gasteiger partial charge in [-0.05, 0) is 55.7 Å². The minimum absolute atomic E-state index is 0.116. The fourth-order valence-electron chi connectivity index (χ4n) is 7.25. The maximum atomic E-state index is 17.0. The second-order valence-corrected chi connectivity index (χ2v) is 10.4. The van der Waals surface area contributed by atoms with E-state index in [2.05, 4.69) is 0 Å². The van der Waals surface area contributed by atoms with Crippen molar-refractivity contribution in [2.45, 2.75) is 62.8 Å². The molecule has 0 heterocycles. The van der Waals surface area contributed by atoms with Gasteiger partial charge in [0.2, 0.25) is 0 Å². The predicted molar refractivity (Wildman–Crippen MR) is 105 cm³/mol. The number of carbonyl (C=O) groups excluding carboxylic acids is 2. The van der Waals surface area contributed by atoms with E-state index in [0.717, 1.165) is 0 Å². The van der Waals surface area contributed by atoms with Gasteiger partial charge in [-0.1, -0.05) is 19.9 Å². The Hall–Kier alpha value is -1.08. The van der Waals surface area contributed by atoms with Crippen molar-refractivity contribution in [3.8, 4) is 0 Å². The van der Waals surface area contributed by atoms with Gasteiger partial charge < -0.3 is 15.3 Å². The molecule has 4 aliphatic rings. The molecule has 29 heavy (non-hydrogen) atoms. The second-order valence-electron chi connectivity index (χ2n) is 9.84. The lowest BCUT2D eigenvalue weighted by molar-refractivity contribution is -0.219. The fourth-order valence-corrected chi connectivity index (χ4v) is 7.74. The molecule has 0 aromatic heterocycles. The Labute approximate surface area is 174 Å². The quantitative estimate of drug-likeness (QED) is 0.588. The number of carbonyl (C=O) groups is 2. The van der Waals surface area contributed by atoms with E-state index >= 15 is 4.39 Å². The van der Waals surface area contributed by atoms with Crippen molar-refractivity contribution in [2.24, 2.45) is 28.6 Å². The summed E-state index contributed by atoms with van der Waals surface area (Å²) in [5.41, 5.74) is -5.79. The minimum atomic E-state index is -2.08. The van der Waals surface area contributed by atoms with Crippen LogP contribution in [-0.2, 0) is 9.59 Å². The summed E-state index contributed by atoms with van der Waals surface area (Å²) < 4.78 is 17.0. The molecule has 5 nitrogen and oxygen atoms in total. The zero-order valence-electron chi connectivity index (χ0n) is 16.9. The first-order valence-corrected chi connectivity index (χ1v) is 10.6. The molecule has 3 fully saturated rings. The van der Waals surface area contributed by atoms with Crippen molar-refractivity contribution in [3.63, 3.8) is 0 Å². The number of halogens is 2. The first-order valence-electron chi connectivity index (χ1n) is 10.2. The van der Waals surface area contributed by atoms with Crippen LogP contribution in [0.25, 0.3) is 0 Å². The van der Waals surface area contributed by atoms with E-state index in [0.29, 0.717) is 12.0 Å². The van der Waals surface area contributed by atoms with Crippen LogP contribution in [0.4, 0.5) is 4.39 Å². The van der Waals surface area contributed by atoms with E-state index in [4.69, 9.17) is 11.6 Å². The van der Waals surface area contributed by atoms with E-state index in [-0.39, 0.29) is 18.6 Å². The molecule has 0 aromatic rings. The van der Waals surface area contributed by atoms with Crippen molar-refractivity contribution < 1.29 is 29.3 Å². The van der Waals surface area contributed by atoms with Crippen LogP contribution in [0.5, 0.6) is 0 Å². The lowest BCUT2D eigenvalue weighted by Crippen LogP contribution is -2.70. The minimum Gasteiger partial charge on any atom is -0.390 e.